The smallest absolute Gasteiger partial charge is 0.453 e. The van der Waals surface area contributed by atoms with E-state index in [4.69, 9.17) is 17.5 Å². The number of fused-ring (bicyclic) bond motifs is 5. The largest absolute Gasteiger partial charge is 0.469 e. The van der Waals surface area contributed by atoms with Gasteiger partial charge in [-0.05, 0) is 137 Å². The van der Waals surface area contributed by atoms with Crippen molar-refractivity contribution in [2.24, 2.45) is 34.0 Å². The first-order chi connectivity index (χ1) is 22.5. The van der Waals surface area contributed by atoms with Crippen molar-refractivity contribution in [1.29, 1.82) is 0 Å². The van der Waals surface area contributed by atoms with Crippen molar-refractivity contribution in [2.75, 3.05) is 12.5 Å². The Kier molecular flexibility index (Phi) is 12.2. The fraction of sp³-hybridized carbons (Fsp3) is 0.816. The van der Waals surface area contributed by atoms with Crippen molar-refractivity contribution in [2.45, 2.75) is 148 Å². The zero-order valence-corrected chi connectivity index (χ0v) is 31.4. The first kappa shape index (κ1) is 40.3. The zero-order valence-electron chi connectivity index (χ0n) is 30.6. The molecule has 3 aliphatic carbocycles. The van der Waals surface area contributed by atoms with Crippen LogP contribution in [0, 0.1) is 34.0 Å². The van der Waals surface area contributed by atoms with E-state index in [1.807, 2.05) is 26.8 Å². The Morgan fingerprint density at radius 1 is 1.00 bits per heavy atom. The monoisotopic (exact) mass is 714 g/mol. The van der Waals surface area contributed by atoms with Gasteiger partial charge >= 0.3 is 18.1 Å². The van der Waals surface area contributed by atoms with E-state index in [9.17, 15) is 26.7 Å². The molecule has 0 saturated heterocycles. The molecule has 2 radical (unpaired) electrons. The normalized spacial score (nSPS) is 27.7. The number of benzene rings is 1. The summed E-state index contributed by atoms with van der Waals surface area (Å²) in [4.78, 5) is 13.0. The molecule has 0 bridgehead atoms. The van der Waals surface area contributed by atoms with Gasteiger partial charge in [-0.3, -0.25) is 4.79 Å². The van der Waals surface area contributed by atoms with Crippen molar-refractivity contribution in [3.63, 3.8) is 0 Å². The van der Waals surface area contributed by atoms with Crippen LogP contribution in [0.5, 0.6) is 5.75 Å². The number of rotatable bonds is 14. The van der Waals surface area contributed by atoms with Crippen molar-refractivity contribution in [3.8, 4) is 5.75 Å². The summed E-state index contributed by atoms with van der Waals surface area (Å²) in [5, 5.41) is 0. The summed E-state index contributed by atoms with van der Waals surface area (Å²) in [7, 11) is 5.21. The van der Waals surface area contributed by atoms with Crippen molar-refractivity contribution >= 4 is 25.8 Å². The van der Waals surface area contributed by atoms with Crippen LogP contribution in [-0.4, -0.2) is 49.5 Å². The van der Waals surface area contributed by atoms with Gasteiger partial charge in [-0.2, -0.15) is 33.7 Å². The molecule has 49 heavy (non-hydrogen) atoms. The van der Waals surface area contributed by atoms with E-state index in [0.29, 0.717) is 23.7 Å². The SMILES string of the molecule is [B]OCOc1ccc2c(c1)C[C@@H](CCC(C)(C)CC(C)(C)SCCCC(F)(F)C(F)(F)F)[C@@H]1C2CCC2(C)C(OC(=O)C(C)(C)C)CCC12. The molecule has 0 spiro atoms. The molecule has 0 heterocycles. The number of hydrogen-bond donors (Lipinski definition) is 0. The predicted molar refractivity (Wildman–Crippen MR) is 186 cm³/mol. The maximum Gasteiger partial charge on any atom is 0.453 e. The lowest BCUT2D eigenvalue weighted by Gasteiger charge is -2.53. The van der Waals surface area contributed by atoms with E-state index in [1.54, 1.807) is 0 Å². The van der Waals surface area contributed by atoms with Gasteiger partial charge in [0.2, 0.25) is 0 Å². The van der Waals surface area contributed by atoms with Crippen LogP contribution in [0.25, 0.3) is 0 Å². The summed E-state index contributed by atoms with van der Waals surface area (Å²) in [5.41, 5.74) is 1.95. The third-order valence-electron chi connectivity index (χ3n) is 11.6. The summed E-state index contributed by atoms with van der Waals surface area (Å²) in [5.74, 6) is -2.15. The molecule has 1 aromatic rings. The van der Waals surface area contributed by atoms with Gasteiger partial charge in [-0.15, -0.1) is 0 Å². The Morgan fingerprint density at radius 3 is 2.33 bits per heavy atom. The second-order valence-electron chi connectivity index (χ2n) is 17.6. The fourth-order valence-electron chi connectivity index (χ4n) is 9.34. The van der Waals surface area contributed by atoms with Gasteiger partial charge in [-0.25, -0.2) is 0 Å². The number of thioether (sulfide) groups is 1. The number of carbonyl (C=O) groups excluding carboxylic acids is 1. The highest BCUT2D eigenvalue weighted by Gasteiger charge is 2.59. The maximum absolute atomic E-state index is 13.4. The molecular weight excluding hydrogens is 658 g/mol. The molecule has 0 N–H and O–H groups in total. The number of ether oxygens (including phenoxy) is 2. The lowest BCUT2D eigenvalue weighted by molar-refractivity contribution is -0.284. The van der Waals surface area contributed by atoms with Crippen LogP contribution < -0.4 is 4.74 Å². The van der Waals surface area contributed by atoms with Crippen LogP contribution in [-0.2, 0) is 20.6 Å². The Balaban J connectivity index is 1.50. The predicted octanol–water partition coefficient (Wildman–Crippen LogP) is 10.8. The number of esters is 1. The van der Waals surface area contributed by atoms with Crippen LogP contribution in [0.15, 0.2) is 18.2 Å². The van der Waals surface area contributed by atoms with Crippen molar-refractivity contribution in [1.82, 2.24) is 0 Å². The van der Waals surface area contributed by atoms with Gasteiger partial charge in [0, 0.05) is 16.6 Å². The van der Waals surface area contributed by atoms with E-state index < -0.39 is 23.9 Å². The molecule has 0 aliphatic heterocycles. The van der Waals surface area contributed by atoms with E-state index in [2.05, 4.69) is 51.4 Å². The number of carbonyl (C=O) groups is 1. The molecule has 4 rings (SSSR count). The average molecular weight is 715 g/mol. The summed E-state index contributed by atoms with van der Waals surface area (Å²) in [6.07, 6.45) is 0.631. The number of alkyl halides is 5. The molecule has 2 saturated carbocycles. The fourth-order valence-corrected chi connectivity index (χ4v) is 10.7. The lowest BCUT2D eigenvalue weighted by Crippen LogP contribution is -2.48. The van der Waals surface area contributed by atoms with Crippen LogP contribution in [0.2, 0.25) is 0 Å². The van der Waals surface area contributed by atoms with Crippen LogP contribution in [0.1, 0.15) is 130 Å². The van der Waals surface area contributed by atoms with Gasteiger partial charge in [0.15, 0.2) is 6.79 Å². The van der Waals surface area contributed by atoms with Gasteiger partial charge in [0.1, 0.15) is 11.9 Å². The van der Waals surface area contributed by atoms with E-state index in [1.165, 1.54) is 22.9 Å². The van der Waals surface area contributed by atoms with Gasteiger partial charge in [0.25, 0.3) is 8.05 Å². The zero-order chi connectivity index (χ0) is 36.6. The van der Waals surface area contributed by atoms with Gasteiger partial charge < -0.3 is 14.1 Å². The molecule has 4 unspecified atom stereocenters. The van der Waals surface area contributed by atoms with Gasteiger partial charge in [0.05, 0.1) is 5.41 Å². The topological polar surface area (TPSA) is 44.8 Å². The quantitative estimate of drug-likeness (QED) is 0.0631. The summed E-state index contributed by atoms with van der Waals surface area (Å²) in [6.45, 7) is 16.6. The third kappa shape index (κ3) is 9.50. The third-order valence-corrected chi connectivity index (χ3v) is 13.0. The second kappa shape index (κ2) is 14.9. The molecule has 276 valence electrons. The molecule has 1 aromatic carbocycles. The van der Waals surface area contributed by atoms with Crippen molar-refractivity contribution in [3.05, 3.63) is 29.3 Å². The molecule has 2 fully saturated rings. The van der Waals surface area contributed by atoms with E-state index in [0.717, 1.165) is 57.1 Å². The van der Waals surface area contributed by atoms with E-state index >= 15 is 0 Å². The number of hydrogen-bond acceptors (Lipinski definition) is 5. The van der Waals surface area contributed by atoms with E-state index in [-0.39, 0.29) is 46.6 Å². The Labute approximate surface area is 296 Å². The Hall–Kier alpha value is -1.49. The Morgan fingerprint density at radius 2 is 1.69 bits per heavy atom. The highest BCUT2D eigenvalue weighted by molar-refractivity contribution is 8.00. The first-order valence-electron chi connectivity index (χ1n) is 17.9. The maximum atomic E-state index is 13.4. The molecular formula is C38H56BF5O4S. The minimum atomic E-state index is -5.51. The first-order valence-corrected chi connectivity index (χ1v) is 18.9. The molecule has 0 aromatic heterocycles. The minimum Gasteiger partial charge on any atom is -0.469 e. The Bertz CT molecular complexity index is 1300. The molecule has 0 amide bonds. The summed E-state index contributed by atoms with van der Waals surface area (Å²) in [6, 6.07) is 6.33. The summed E-state index contributed by atoms with van der Waals surface area (Å²) < 4.78 is 81.1. The molecule has 4 nitrogen and oxygen atoms in total. The van der Waals surface area contributed by atoms with Crippen LogP contribution in [0.4, 0.5) is 22.0 Å². The summed E-state index contributed by atoms with van der Waals surface area (Å²) >= 11 is 1.48. The molecule has 3 aliphatic rings. The minimum absolute atomic E-state index is 0.0316. The van der Waals surface area contributed by atoms with Crippen LogP contribution in [0.3, 0.4) is 0 Å². The second-order valence-corrected chi connectivity index (χ2v) is 19.4. The highest BCUT2D eigenvalue weighted by atomic mass is 32.2. The van der Waals surface area contributed by atoms with Crippen LogP contribution >= 0.6 is 11.8 Å². The average Bonchev–Trinajstić information content (AvgIpc) is 3.30. The molecule has 6 atom stereocenters. The van der Waals surface area contributed by atoms with Gasteiger partial charge in [-0.1, -0.05) is 40.7 Å². The van der Waals surface area contributed by atoms with Crippen molar-refractivity contribution < 1.29 is 40.9 Å². The lowest BCUT2D eigenvalue weighted by atomic mass is 9.51. The standard InChI is InChI=1S/C38H56BF5O4S/c1-33(2,3)32(45)48-30-13-12-29-31-24(14-17-34(4,5)22-35(6,7)49-19-9-16-37(40,41)38(42,43)44)20-25-21-26(46-23-47-39)10-11-27(25)28(31)15-18-36(29,30)8/h10-11,21,24,28-31H,9,12-20,22-23H2,1-8H3/t24-,28?,29?,30?,31-,36?/m1/s1. The number of halogens is 5. The highest BCUT2D eigenvalue weighted by Crippen LogP contribution is 2.64. The molecule has 11 heteroatoms.